The van der Waals surface area contributed by atoms with Crippen LogP contribution >= 0.6 is 0 Å². The minimum absolute atomic E-state index is 0.0626. The van der Waals surface area contributed by atoms with Crippen molar-refractivity contribution in [1.29, 1.82) is 0 Å². The SMILES string of the molecule is C=CCc1ccc(C(COCc2cccc(Oc3ccccc3)c2)C(F)(F)F)cc1. The molecule has 0 fully saturated rings. The lowest BCUT2D eigenvalue weighted by atomic mass is 9.97. The second kappa shape index (κ2) is 10.1. The number of ether oxygens (including phenoxy) is 2. The quantitative estimate of drug-likeness (QED) is 0.350. The molecule has 0 aliphatic carbocycles. The van der Waals surface area contributed by atoms with Gasteiger partial charge in [-0.3, -0.25) is 0 Å². The van der Waals surface area contributed by atoms with Crippen LogP contribution in [0.25, 0.3) is 0 Å². The van der Waals surface area contributed by atoms with Crippen LogP contribution in [0.3, 0.4) is 0 Å². The van der Waals surface area contributed by atoms with Crippen LogP contribution in [0, 0.1) is 0 Å². The Labute approximate surface area is 174 Å². The van der Waals surface area contributed by atoms with E-state index in [9.17, 15) is 13.2 Å². The molecule has 0 aliphatic heterocycles. The molecule has 0 bridgehead atoms. The maximum absolute atomic E-state index is 13.6. The molecular formula is C25H23F3O2. The topological polar surface area (TPSA) is 18.5 Å². The highest BCUT2D eigenvalue weighted by Gasteiger charge is 2.40. The number of benzene rings is 3. The molecule has 156 valence electrons. The minimum Gasteiger partial charge on any atom is -0.457 e. The van der Waals surface area contributed by atoms with Crippen LogP contribution in [0.1, 0.15) is 22.6 Å². The Bertz CT molecular complexity index is 935. The fourth-order valence-corrected chi connectivity index (χ4v) is 3.05. The first-order valence-electron chi connectivity index (χ1n) is 9.62. The van der Waals surface area contributed by atoms with Crippen molar-refractivity contribution in [3.05, 3.63) is 108 Å². The third-order valence-corrected chi connectivity index (χ3v) is 4.59. The Morgan fingerprint density at radius 2 is 1.53 bits per heavy atom. The van der Waals surface area contributed by atoms with Crippen LogP contribution in [-0.2, 0) is 17.8 Å². The average Bonchev–Trinajstić information content (AvgIpc) is 2.72. The second-order valence-electron chi connectivity index (χ2n) is 6.91. The molecule has 0 heterocycles. The molecule has 3 aromatic rings. The van der Waals surface area contributed by atoms with Gasteiger partial charge in [0.15, 0.2) is 0 Å². The van der Waals surface area contributed by atoms with E-state index < -0.39 is 18.7 Å². The molecule has 0 aliphatic rings. The number of para-hydroxylation sites is 1. The Kier molecular flexibility index (Phi) is 7.31. The molecule has 0 aromatic heterocycles. The van der Waals surface area contributed by atoms with Crippen molar-refractivity contribution in [3.63, 3.8) is 0 Å². The van der Waals surface area contributed by atoms with Gasteiger partial charge in [-0.05, 0) is 47.4 Å². The predicted molar refractivity (Wildman–Crippen MR) is 112 cm³/mol. The van der Waals surface area contributed by atoms with Crippen molar-refractivity contribution < 1.29 is 22.6 Å². The molecule has 0 N–H and O–H groups in total. The molecule has 0 amide bonds. The molecule has 5 heteroatoms. The first-order valence-corrected chi connectivity index (χ1v) is 9.62. The highest BCUT2D eigenvalue weighted by atomic mass is 19.4. The molecule has 30 heavy (non-hydrogen) atoms. The Hall–Kier alpha value is -3.05. The zero-order chi connectivity index (χ0) is 21.4. The summed E-state index contributed by atoms with van der Waals surface area (Å²) in [6, 6.07) is 22.8. The lowest BCUT2D eigenvalue weighted by Gasteiger charge is -2.21. The second-order valence-corrected chi connectivity index (χ2v) is 6.91. The van der Waals surface area contributed by atoms with Gasteiger partial charge in [0.1, 0.15) is 17.4 Å². The first-order chi connectivity index (χ1) is 14.5. The van der Waals surface area contributed by atoms with Crippen LogP contribution < -0.4 is 4.74 Å². The van der Waals surface area contributed by atoms with E-state index in [0.717, 1.165) is 11.1 Å². The summed E-state index contributed by atoms with van der Waals surface area (Å²) in [5.74, 6) is -0.390. The summed E-state index contributed by atoms with van der Waals surface area (Å²) < 4.78 is 51.9. The molecule has 3 rings (SSSR count). The maximum Gasteiger partial charge on any atom is 0.397 e. The van der Waals surface area contributed by atoms with E-state index in [1.807, 2.05) is 30.3 Å². The van der Waals surface area contributed by atoms with Gasteiger partial charge in [0.05, 0.1) is 13.2 Å². The van der Waals surface area contributed by atoms with Gasteiger partial charge in [0, 0.05) is 0 Å². The van der Waals surface area contributed by atoms with E-state index in [-0.39, 0.29) is 12.2 Å². The molecule has 0 saturated carbocycles. The van der Waals surface area contributed by atoms with Crippen molar-refractivity contribution >= 4 is 0 Å². The Morgan fingerprint density at radius 3 is 2.20 bits per heavy atom. The lowest BCUT2D eigenvalue weighted by molar-refractivity contribution is -0.163. The van der Waals surface area contributed by atoms with Gasteiger partial charge in [-0.25, -0.2) is 0 Å². The van der Waals surface area contributed by atoms with Crippen molar-refractivity contribution in [2.24, 2.45) is 0 Å². The van der Waals surface area contributed by atoms with Crippen molar-refractivity contribution in [1.82, 2.24) is 0 Å². The highest BCUT2D eigenvalue weighted by Crippen LogP contribution is 2.35. The van der Waals surface area contributed by atoms with Crippen LogP contribution in [-0.4, -0.2) is 12.8 Å². The number of hydrogen-bond donors (Lipinski definition) is 0. The number of hydrogen-bond acceptors (Lipinski definition) is 2. The third-order valence-electron chi connectivity index (χ3n) is 4.59. The molecule has 2 nitrogen and oxygen atoms in total. The number of halogens is 3. The molecule has 3 aromatic carbocycles. The predicted octanol–water partition coefficient (Wildman–Crippen LogP) is 7.07. The van der Waals surface area contributed by atoms with E-state index in [1.165, 1.54) is 12.1 Å². The van der Waals surface area contributed by atoms with E-state index in [2.05, 4.69) is 6.58 Å². The van der Waals surface area contributed by atoms with Gasteiger partial charge < -0.3 is 9.47 Å². The van der Waals surface area contributed by atoms with Gasteiger partial charge in [-0.15, -0.1) is 6.58 Å². The molecule has 0 radical (unpaired) electrons. The smallest absolute Gasteiger partial charge is 0.397 e. The summed E-state index contributed by atoms with van der Waals surface area (Å²) in [4.78, 5) is 0. The molecule has 0 spiro atoms. The molecule has 1 unspecified atom stereocenters. The molecular weight excluding hydrogens is 389 g/mol. The van der Waals surface area contributed by atoms with Gasteiger partial charge in [-0.2, -0.15) is 13.2 Å². The number of rotatable bonds is 9. The van der Waals surface area contributed by atoms with Crippen LogP contribution in [0.5, 0.6) is 11.5 Å². The lowest BCUT2D eigenvalue weighted by Crippen LogP contribution is -2.25. The monoisotopic (exact) mass is 412 g/mol. The minimum atomic E-state index is -4.39. The zero-order valence-corrected chi connectivity index (χ0v) is 16.4. The van der Waals surface area contributed by atoms with E-state index >= 15 is 0 Å². The van der Waals surface area contributed by atoms with Crippen molar-refractivity contribution in [2.45, 2.75) is 25.1 Å². The standard InChI is InChI=1S/C25H23F3O2/c1-2-7-19-12-14-21(15-13-19)24(25(26,27)28)18-29-17-20-8-6-11-23(16-20)30-22-9-4-3-5-10-22/h2-6,8-16,24H,1,7,17-18H2. The van der Waals surface area contributed by atoms with Crippen LogP contribution in [0.4, 0.5) is 13.2 Å². The molecule has 0 saturated heterocycles. The van der Waals surface area contributed by atoms with E-state index in [0.29, 0.717) is 17.9 Å². The van der Waals surface area contributed by atoms with Crippen molar-refractivity contribution in [3.8, 4) is 11.5 Å². The van der Waals surface area contributed by atoms with Crippen molar-refractivity contribution in [2.75, 3.05) is 6.61 Å². The molecule has 1 atom stereocenters. The summed E-state index contributed by atoms with van der Waals surface area (Å²) in [5, 5.41) is 0. The van der Waals surface area contributed by atoms with Gasteiger partial charge in [-0.1, -0.05) is 60.7 Å². The van der Waals surface area contributed by atoms with Gasteiger partial charge >= 0.3 is 6.18 Å². The summed E-state index contributed by atoms with van der Waals surface area (Å²) in [7, 11) is 0. The Balaban J connectivity index is 1.62. The maximum atomic E-state index is 13.6. The summed E-state index contributed by atoms with van der Waals surface area (Å²) in [5.41, 5.74) is 1.85. The Morgan fingerprint density at radius 1 is 0.833 bits per heavy atom. The normalized spacial score (nSPS) is 12.4. The number of allylic oxidation sites excluding steroid dienone is 1. The highest BCUT2D eigenvalue weighted by molar-refractivity contribution is 5.33. The van der Waals surface area contributed by atoms with Gasteiger partial charge in [0.2, 0.25) is 0 Å². The number of alkyl halides is 3. The van der Waals surface area contributed by atoms with Gasteiger partial charge in [0.25, 0.3) is 0 Å². The van der Waals surface area contributed by atoms with Crippen LogP contribution in [0.2, 0.25) is 0 Å². The fraction of sp³-hybridized carbons (Fsp3) is 0.200. The fourth-order valence-electron chi connectivity index (χ4n) is 3.05. The zero-order valence-electron chi connectivity index (χ0n) is 16.4. The van der Waals surface area contributed by atoms with E-state index in [4.69, 9.17) is 9.47 Å². The summed E-state index contributed by atoms with van der Waals surface area (Å²) in [6.45, 7) is 3.25. The largest absolute Gasteiger partial charge is 0.457 e. The summed E-state index contributed by atoms with van der Waals surface area (Å²) in [6.07, 6.45) is -2.05. The summed E-state index contributed by atoms with van der Waals surface area (Å²) >= 11 is 0. The average molecular weight is 412 g/mol. The van der Waals surface area contributed by atoms with E-state index in [1.54, 1.807) is 42.5 Å². The van der Waals surface area contributed by atoms with Crippen LogP contribution in [0.15, 0.2) is 91.5 Å². The first kappa shape index (κ1) is 21.7. The third kappa shape index (κ3) is 6.22.